The summed E-state index contributed by atoms with van der Waals surface area (Å²) in [5.41, 5.74) is 2.81. The molecule has 2 aromatic carbocycles. The summed E-state index contributed by atoms with van der Waals surface area (Å²) < 4.78 is 5.61. The lowest BCUT2D eigenvalue weighted by Gasteiger charge is -2.30. The molecule has 10 heteroatoms. The molecule has 0 radical (unpaired) electrons. The highest BCUT2D eigenvalue weighted by Gasteiger charge is 2.43. The van der Waals surface area contributed by atoms with Gasteiger partial charge in [-0.25, -0.2) is 0 Å². The van der Waals surface area contributed by atoms with Crippen molar-refractivity contribution in [1.29, 1.82) is 0 Å². The van der Waals surface area contributed by atoms with Crippen LogP contribution >= 0.6 is 0 Å². The summed E-state index contributed by atoms with van der Waals surface area (Å²) in [6.45, 7) is 6.48. The van der Waals surface area contributed by atoms with E-state index in [2.05, 4.69) is 34.8 Å². The topological polar surface area (TPSA) is 133 Å². The first kappa shape index (κ1) is 32.2. The lowest BCUT2D eigenvalue weighted by Crippen LogP contribution is -2.55. The van der Waals surface area contributed by atoms with Crippen LogP contribution in [-0.2, 0) is 36.9 Å². The fourth-order valence-corrected chi connectivity index (χ4v) is 6.45. The van der Waals surface area contributed by atoms with Crippen LogP contribution in [0.4, 0.5) is 0 Å². The number of H-pyrrole nitrogens is 1. The van der Waals surface area contributed by atoms with Crippen molar-refractivity contribution in [1.82, 2.24) is 25.8 Å². The van der Waals surface area contributed by atoms with Crippen LogP contribution in [0.5, 0.6) is 0 Å². The number of carbonyl (C=O) groups is 4. The molecule has 2 fully saturated rings. The molecule has 4 amide bonds. The minimum Gasteiger partial charge on any atom is -0.367 e. The van der Waals surface area contributed by atoms with Crippen molar-refractivity contribution >= 4 is 34.5 Å². The summed E-state index contributed by atoms with van der Waals surface area (Å²) in [5.74, 6) is -0.788. The van der Waals surface area contributed by atoms with Gasteiger partial charge >= 0.3 is 0 Å². The smallest absolute Gasteiger partial charge is 0.246 e. The Bertz CT molecular complexity index is 1490. The van der Waals surface area contributed by atoms with Crippen molar-refractivity contribution in [2.45, 2.75) is 83.6 Å². The Morgan fingerprint density at radius 1 is 1.02 bits per heavy atom. The van der Waals surface area contributed by atoms with E-state index in [1.54, 1.807) is 4.90 Å². The monoisotopic (exact) mass is 615 g/mol. The number of carbonyl (C=O) groups excluding carboxylic acids is 4. The van der Waals surface area contributed by atoms with Crippen molar-refractivity contribution in [3.63, 3.8) is 0 Å². The van der Waals surface area contributed by atoms with Crippen molar-refractivity contribution in [2.75, 3.05) is 13.2 Å². The van der Waals surface area contributed by atoms with E-state index in [0.29, 0.717) is 13.0 Å². The zero-order chi connectivity index (χ0) is 31.9. The first-order chi connectivity index (χ1) is 21.7. The van der Waals surface area contributed by atoms with Gasteiger partial charge in [0.2, 0.25) is 23.6 Å². The molecule has 240 valence electrons. The molecular weight excluding hydrogens is 570 g/mol. The van der Waals surface area contributed by atoms with Crippen LogP contribution in [0.25, 0.3) is 10.9 Å². The van der Waals surface area contributed by atoms with Gasteiger partial charge in [-0.3, -0.25) is 19.2 Å². The number of fused-ring (bicyclic) bond motifs is 2. The van der Waals surface area contributed by atoms with Gasteiger partial charge in [0.05, 0.1) is 6.61 Å². The van der Waals surface area contributed by atoms with Crippen LogP contribution in [0.1, 0.15) is 57.6 Å². The molecule has 0 unspecified atom stereocenters. The maximum absolute atomic E-state index is 14.3. The molecule has 10 nitrogen and oxygen atoms in total. The molecule has 5 atom stereocenters. The Morgan fingerprint density at radius 2 is 1.78 bits per heavy atom. The molecule has 0 bridgehead atoms. The van der Waals surface area contributed by atoms with E-state index in [4.69, 9.17) is 4.74 Å². The summed E-state index contributed by atoms with van der Waals surface area (Å²) >= 11 is 0. The molecular formula is C35H45N5O5. The summed E-state index contributed by atoms with van der Waals surface area (Å²) in [5, 5.41) is 10.2. The van der Waals surface area contributed by atoms with Crippen LogP contribution in [-0.4, -0.2) is 70.8 Å². The van der Waals surface area contributed by atoms with Gasteiger partial charge in [0, 0.05) is 48.6 Å². The summed E-state index contributed by atoms with van der Waals surface area (Å²) in [6.07, 6.45) is 4.21. The number of para-hydroxylation sites is 1. The Kier molecular flexibility index (Phi) is 10.5. The predicted molar refractivity (Wildman–Crippen MR) is 172 cm³/mol. The minimum atomic E-state index is -0.871. The predicted octanol–water partition coefficient (Wildman–Crippen LogP) is 3.46. The second kappa shape index (κ2) is 14.7. The highest BCUT2D eigenvalue weighted by molar-refractivity contribution is 5.94. The van der Waals surface area contributed by atoms with Crippen LogP contribution in [0, 0.1) is 11.8 Å². The fraction of sp³-hybridized carbons (Fsp3) is 0.486. The number of aromatic amines is 1. The van der Waals surface area contributed by atoms with Gasteiger partial charge in [-0.1, -0.05) is 69.3 Å². The molecule has 2 aliphatic rings. The van der Waals surface area contributed by atoms with Gasteiger partial charge in [-0.05, 0) is 48.3 Å². The standard InChI is InChI=1S/C35H45N5O5/c1-22(2)28-14-13-23(3)15-32(41)38-30(16-25-18-36-29-12-8-7-11-27(25)29)35(44)40-19-26(17-31(40)34(43)39-28)37-33(42)21-45-20-24-9-5-4-6-10-24/h4-12,18,22-23,26,28,30-31,36H,13-17,19-21H2,1-3H3,(H,37,42)(H,38,41)(H,39,43)/t23-,26-,28+,30-,31+/m1/s1. The number of hydrogen-bond donors (Lipinski definition) is 4. The Labute approximate surface area is 264 Å². The van der Waals surface area contributed by atoms with Gasteiger partial charge in [0.1, 0.15) is 18.7 Å². The van der Waals surface area contributed by atoms with Gasteiger partial charge in [-0.15, -0.1) is 0 Å². The molecule has 45 heavy (non-hydrogen) atoms. The number of hydrogen-bond acceptors (Lipinski definition) is 5. The van der Waals surface area contributed by atoms with Gasteiger partial charge in [0.15, 0.2) is 0 Å². The average Bonchev–Trinajstić information content (AvgIpc) is 3.63. The number of benzene rings is 2. The van der Waals surface area contributed by atoms with E-state index in [0.717, 1.165) is 34.9 Å². The molecule has 0 aliphatic carbocycles. The van der Waals surface area contributed by atoms with Crippen LogP contribution in [0.15, 0.2) is 60.8 Å². The Balaban J connectivity index is 1.36. The zero-order valence-electron chi connectivity index (χ0n) is 26.4. The van der Waals surface area contributed by atoms with Crippen LogP contribution in [0.2, 0.25) is 0 Å². The molecule has 2 saturated heterocycles. The third kappa shape index (κ3) is 8.30. The molecule has 3 heterocycles. The van der Waals surface area contributed by atoms with Crippen molar-refractivity contribution < 1.29 is 23.9 Å². The fourth-order valence-electron chi connectivity index (χ4n) is 6.45. The SMILES string of the molecule is CC(C)[C@@H]1CC[C@@H](C)CC(=O)N[C@H](Cc2c[nH]c3ccccc23)C(=O)N2C[C@H](NC(=O)COCc3ccccc3)C[C@H]2C(=O)N1. The molecule has 1 aromatic heterocycles. The Morgan fingerprint density at radius 3 is 2.56 bits per heavy atom. The average molecular weight is 616 g/mol. The van der Waals surface area contributed by atoms with Gasteiger partial charge < -0.3 is 30.6 Å². The lowest BCUT2D eigenvalue weighted by atomic mass is 9.92. The zero-order valence-corrected chi connectivity index (χ0v) is 26.4. The second-order valence-corrected chi connectivity index (χ2v) is 12.9. The highest BCUT2D eigenvalue weighted by Crippen LogP contribution is 2.25. The lowest BCUT2D eigenvalue weighted by molar-refractivity contribution is -0.141. The summed E-state index contributed by atoms with van der Waals surface area (Å²) in [4.78, 5) is 59.1. The van der Waals surface area contributed by atoms with Gasteiger partial charge in [-0.2, -0.15) is 0 Å². The van der Waals surface area contributed by atoms with Crippen molar-refractivity contribution in [2.24, 2.45) is 11.8 Å². The Hall–Kier alpha value is -4.18. The van der Waals surface area contributed by atoms with E-state index in [1.165, 1.54) is 0 Å². The van der Waals surface area contributed by atoms with Gasteiger partial charge in [0.25, 0.3) is 0 Å². The molecule has 0 saturated carbocycles. The van der Waals surface area contributed by atoms with Crippen LogP contribution < -0.4 is 16.0 Å². The number of aromatic nitrogens is 1. The molecule has 0 spiro atoms. The summed E-state index contributed by atoms with van der Waals surface area (Å²) in [6, 6.07) is 15.2. The molecule has 5 rings (SSSR count). The van der Waals surface area contributed by atoms with Crippen molar-refractivity contribution in [3.05, 3.63) is 71.9 Å². The van der Waals surface area contributed by atoms with E-state index >= 15 is 0 Å². The maximum Gasteiger partial charge on any atom is 0.246 e. The quantitative estimate of drug-likeness (QED) is 0.308. The largest absolute Gasteiger partial charge is 0.367 e. The number of nitrogens with zero attached hydrogens (tertiary/aromatic N) is 1. The normalized spacial score (nSPS) is 24.8. The number of nitrogens with one attached hydrogen (secondary N) is 4. The van der Waals surface area contributed by atoms with E-state index < -0.39 is 18.1 Å². The first-order valence-electron chi connectivity index (χ1n) is 16.0. The summed E-state index contributed by atoms with van der Waals surface area (Å²) in [7, 11) is 0. The molecule has 3 aromatic rings. The third-order valence-electron chi connectivity index (χ3n) is 8.97. The molecule has 2 aliphatic heterocycles. The van der Waals surface area contributed by atoms with E-state index in [9.17, 15) is 19.2 Å². The maximum atomic E-state index is 14.3. The molecule has 4 N–H and O–H groups in total. The van der Waals surface area contributed by atoms with Crippen molar-refractivity contribution in [3.8, 4) is 0 Å². The highest BCUT2D eigenvalue weighted by atomic mass is 16.5. The third-order valence-corrected chi connectivity index (χ3v) is 8.97. The van der Waals surface area contributed by atoms with E-state index in [1.807, 2.05) is 67.7 Å². The minimum absolute atomic E-state index is 0.0938. The number of ether oxygens (including phenoxy) is 1. The number of rotatable bonds is 8. The van der Waals surface area contributed by atoms with Crippen LogP contribution in [0.3, 0.4) is 0 Å². The number of amides is 4. The second-order valence-electron chi connectivity index (χ2n) is 12.9. The first-order valence-corrected chi connectivity index (χ1v) is 16.0. The van der Waals surface area contributed by atoms with E-state index in [-0.39, 0.29) is 67.5 Å².